The first-order valence-corrected chi connectivity index (χ1v) is 12.8. The molecule has 0 unspecified atom stereocenters. The lowest BCUT2D eigenvalue weighted by atomic mass is 9.99. The highest BCUT2D eigenvalue weighted by molar-refractivity contribution is 7.95. The number of allylic oxidation sites excluding steroid dienone is 2. The van der Waals surface area contributed by atoms with Gasteiger partial charge < -0.3 is 5.11 Å². The molecular formula is C28H34OP+. The van der Waals surface area contributed by atoms with Crippen LogP contribution in [0.1, 0.15) is 40.0 Å². The highest BCUT2D eigenvalue weighted by Crippen LogP contribution is 2.55. The Balaban J connectivity index is 2.02. The number of aliphatic hydroxyl groups is 1. The molecule has 0 amide bonds. The fourth-order valence-electron chi connectivity index (χ4n) is 4.01. The molecular weight excluding hydrogens is 383 g/mol. The second kappa shape index (κ2) is 10.2. The van der Waals surface area contributed by atoms with Gasteiger partial charge in [0.05, 0.1) is 11.8 Å². The monoisotopic (exact) mass is 417 g/mol. The van der Waals surface area contributed by atoms with Crippen molar-refractivity contribution in [1.82, 2.24) is 0 Å². The summed E-state index contributed by atoms with van der Waals surface area (Å²) in [6, 6.07) is 33.1. The van der Waals surface area contributed by atoms with E-state index in [9.17, 15) is 5.11 Å². The third kappa shape index (κ3) is 5.69. The van der Waals surface area contributed by atoms with Gasteiger partial charge in [-0.25, -0.2) is 0 Å². The van der Waals surface area contributed by atoms with Gasteiger partial charge in [0.15, 0.2) is 0 Å². The van der Waals surface area contributed by atoms with E-state index >= 15 is 0 Å². The SMILES string of the molecule is C/C(=C\C[P+](c1ccccc1)(c1ccccc1)c1ccccc1)CCCC(C)(C)O. The van der Waals surface area contributed by atoms with Crippen molar-refractivity contribution in [2.24, 2.45) is 0 Å². The second-order valence-electron chi connectivity index (χ2n) is 8.72. The van der Waals surface area contributed by atoms with E-state index in [1.54, 1.807) is 0 Å². The zero-order valence-corrected chi connectivity index (χ0v) is 19.4. The first-order valence-electron chi connectivity index (χ1n) is 10.8. The van der Waals surface area contributed by atoms with E-state index in [1.165, 1.54) is 21.5 Å². The fourth-order valence-corrected chi connectivity index (χ4v) is 8.16. The molecule has 0 saturated carbocycles. The maximum absolute atomic E-state index is 10.0. The van der Waals surface area contributed by atoms with Crippen molar-refractivity contribution in [2.75, 3.05) is 6.16 Å². The van der Waals surface area contributed by atoms with Crippen LogP contribution in [0.5, 0.6) is 0 Å². The van der Waals surface area contributed by atoms with Crippen molar-refractivity contribution in [3.05, 3.63) is 103 Å². The third-order valence-electron chi connectivity index (χ3n) is 5.66. The summed E-state index contributed by atoms with van der Waals surface area (Å²) in [4.78, 5) is 0. The molecule has 0 atom stereocenters. The van der Waals surface area contributed by atoms with Gasteiger partial charge in [-0.1, -0.05) is 60.2 Å². The largest absolute Gasteiger partial charge is 0.390 e. The molecule has 0 aliphatic carbocycles. The van der Waals surface area contributed by atoms with Crippen molar-refractivity contribution in [3.8, 4) is 0 Å². The topological polar surface area (TPSA) is 20.2 Å². The zero-order valence-electron chi connectivity index (χ0n) is 18.5. The Morgan fingerprint density at radius 2 is 1.17 bits per heavy atom. The summed E-state index contributed by atoms with van der Waals surface area (Å²) in [5.41, 5.74) is 0.821. The summed E-state index contributed by atoms with van der Waals surface area (Å²) in [5, 5.41) is 14.3. The lowest BCUT2D eigenvalue weighted by Crippen LogP contribution is -2.33. The van der Waals surface area contributed by atoms with Crippen LogP contribution in [0, 0.1) is 0 Å². The summed E-state index contributed by atoms with van der Waals surface area (Å²) in [7, 11) is -1.80. The van der Waals surface area contributed by atoms with Gasteiger partial charge in [-0.2, -0.15) is 0 Å². The van der Waals surface area contributed by atoms with Crippen LogP contribution in [0.15, 0.2) is 103 Å². The van der Waals surface area contributed by atoms with Gasteiger partial charge in [0.1, 0.15) is 23.2 Å². The smallest absolute Gasteiger partial charge is 0.115 e. The molecule has 0 aliphatic heterocycles. The highest BCUT2D eigenvalue weighted by Gasteiger charge is 2.44. The van der Waals surface area contributed by atoms with Crippen LogP contribution in [-0.4, -0.2) is 16.9 Å². The van der Waals surface area contributed by atoms with E-state index < -0.39 is 12.9 Å². The maximum atomic E-state index is 10.0. The Labute approximate surface area is 182 Å². The molecule has 0 bridgehead atoms. The molecule has 0 aromatic heterocycles. The van der Waals surface area contributed by atoms with Crippen molar-refractivity contribution in [1.29, 1.82) is 0 Å². The predicted octanol–water partition coefficient (Wildman–Crippen LogP) is 5.87. The molecule has 3 rings (SSSR count). The van der Waals surface area contributed by atoms with Gasteiger partial charge in [-0.15, -0.1) is 0 Å². The van der Waals surface area contributed by atoms with E-state index in [0.29, 0.717) is 0 Å². The van der Waals surface area contributed by atoms with Crippen LogP contribution in [-0.2, 0) is 0 Å². The van der Waals surface area contributed by atoms with Crippen molar-refractivity contribution in [3.63, 3.8) is 0 Å². The molecule has 1 N–H and O–H groups in total. The van der Waals surface area contributed by atoms with Crippen molar-refractivity contribution >= 4 is 23.2 Å². The van der Waals surface area contributed by atoms with Gasteiger partial charge >= 0.3 is 0 Å². The standard InChI is InChI=1S/C28H34OP/c1-24(14-13-22-28(2,3)29)21-23-30(25-15-7-4-8-16-25,26-17-9-5-10-18-26)27-19-11-6-12-20-27/h4-12,15-21,29H,13-14,22-23H2,1-3H3/q+1/b24-21+. The average molecular weight is 418 g/mol. The molecule has 2 heteroatoms. The summed E-state index contributed by atoms with van der Waals surface area (Å²) in [6.07, 6.45) is 6.33. The Kier molecular flexibility index (Phi) is 7.64. The van der Waals surface area contributed by atoms with E-state index in [2.05, 4.69) is 104 Å². The van der Waals surface area contributed by atoms with Crippen LogP contribution >= 0.6 is 7.26 Å². The van der Waals surface area contributed by atoms with E-state index in [-0.39, 0.29) is 0 Å². The molecule has 0 saturated heterocycles. The highest BCUT2D eigenvalue weighted by atomic mass is 31.2. The van der Waals surface area contributed by atoms with Crippen LogP contribution < -0.4 is 15.9 Å². The van der Waals surface area contributed by atoms with Gasteiger partial charge in [-0.3, -0.25) is 0 Å². The molecule has 3 aromatic carbocycles. The van der Waals surface area contributed by atoms with Gasteiger partial charge in [0.2, 0.25) is 0 Å². The minimum Gasteiger partial charge on any atom is -0.390 e. The van der Waals surface area contributed by atoms with Crippen LogP contribution in [0.2, 0.25) is 0 Å². The molecule has 0 radical (unpaired) electrons. The fraction of sp³-hybridized carbons (Fsp3) is 0.286. The first kappa shape index (κ1) is 22.5. The number of rotatable bonds is 9. The number of hydrogen-bond acceptors (Lipinski definition) is 1. The molecule has 0 fully saturated rings. The Morgan fingerprint density at radius 3 is 1.53 bits per heavy atom. The Morgan fingerprint density at radius 1 is 0.767 bits per heavy atom. The summed E-state index contributed by atoms with van der Waals surface area (Å²) < 4.78 is 0. The maximum Gasteiger partial charge on any atom is 0.115 e. The summed E-state index contributed by atoms with van der Waals surface area (Å²) in [6.45, 7) is 6.02. The summed E-state index contributed by atoms with van der Waals surface area (Å²) in [5.74, 6) is 0. The van der Waals surface area contributed by atoms with E-state index in [1.807, 2.05) is 13.8 Å². The molecule has 0 spiro atoms. The zero-order chi connectivity index (χ0) is 21.5. The van der Waals surface area contributed by atoms with Gasteiger partial charge in [0, 0.05) is 0 Å². The molecule has 156 valence electrons. The van der Waals surface area contributed by atoms with Crippen LogP contribution in [0.25, 0.3) is 0 Å². The quantitative estimate of drug-likeness (QED) is 0.341. The number of benzene rings is 3. The van der Waals surface area contributed by atoms with E-state index in [0.717, 1.165) is 25.4 Å². The van der Waals surface area contributed by atoms with Crippen molar-refractivity contribution in [2.45, 2.75) is 45.6 Å². The van der Waals surface area contributed by atoms with Crippen molar-refractivity contribution < 1.29 is 5.11 Å². The second-order valence-corrected chi connectivity index (χ2v) is 12.2. The lowest BCUT2D eigenvalue weighted by Gasteiger charge is -2.27. The minimum atomic E-state index is -1.80. The minimum absolute atomic E-state index is 0.588. The Bertz CT molecular complexity index is 828. The van der Waals surface area contributed by atoms with Gasteiger partial charge in [-0.05, 0) is 82.5 Å². The molecule has 0 heterocycles. The molecule has 1 nitrogen and oxygen atoms in total. The van der Waals surface area contributed by atoms with Crippen LogP contribution in [0.4, 0.5) is 0 Å². The predicted molar refractivity (Wildman–Crippen MR) is 134 cm³/mol. The van der Waals surface area contributed by atoms with E-state index in [4.69, 9.17) is 0 Å². The van der Waals surface area contributed by atoms with Crippen LogP contribution in [0.3, 0.4) is 0 Å². The summed E-state index contributed by atoms with van der Waals surface area (Å²) >= 11 is 0. The molecule has 30 heavy (non-hydrogen) atoms. The molecule has 3 aromatic rings. The average Bonchev–Trinajstić information content (AvgIpc) is 2.76. The number of hydrogen-bond donors (Lipinski definition) is 1. The lowest BCUT2D eigenvalue weighted by molar-refractivity contribution is 0.0689. The normalized spacial score (nSPS) is 12.7. The van der Waals surface area contributed by atoms with Gasteiger partial charge in [0.25, 0.3) is 0 Å². The third-order valence-corrected chi connectivity index (χ3v) is 9.93. The molecule has 0 aliphatic rings. The first-order chi connectivity index (χ1) is 14.4. The Hall–Kier alpha value is -2.21.